The maximum Gasteiger partial charge on any atom is 1.00 e. The van der Waals surface area contributed by atoms with Gasteiger partial charge in [-0.05, 0) is 0 Å². The molecule has 0 spiro atoms. The van der Waals surface area contributed by atoms with E-state index in [1.54, 1.807) is 4.75 Å². The number of hydrogen-bond donors (Lipinski definition) is 0. The summed E-state index contributed by atoms with van der Waals surface area (Å²) >= 11 is -0.417. The molecule has 0 N–H and O–H groups in total. The van der Waals surface area contributed by atoms with E-state index in [2.05, 4.69) is 0 Å². The summed E-state index contributed by atoms with van der Waals surface area (Å²) in [5, 5.41) is 7.88. The molecule has 0 aromatic rings. The second kappa shape index (κ2) is 30.5. The molecule has 0 bridgehead atoms. The van der Waals surface area contributed by atoms with Crippen LogP contribution in [0.4, 0.5) is 0 Å². The van der Waals surface area contributed by atoms with Crippen LogP contribution >= 0.6 is 0 Å². The van der Waals surface area contributed by atoms with Gasteiger partial charge in [0.2, 0.25) is 0 Å². The molecule has 0 aromatic carbocycles. The molecular formula is ClNaO5. The van der Waals surface area contributed by atoms with E-state index in [4.69, 9.17) is 19.5 Å². The maximum atomic E-state index is 8.24. The predicted molar refractivity (Wildman–Crippen MR) is 6.73 cm³/mol. The molecular weight excluding hydrogens is 138 g/mol. The average Bonchev–Trinajstić information content (AvgIpc) is 1.39. The van der Waals surface area contributed by atoms with Gasteiger partial charge in [0.1, 0.15) is 0 Å². The van der Waals surface area contributed by atoms with E-state index in [-0.39, 0.29) is 29.6 Å². The summed E-state index contributed by atoms with van der Waals surface area (Å²) in [6, 6.07) is 0. The molecule has 5 nitrogen and oxygen atoms in total. The third-order valence-corrected chi connectivity index (χ3v) is 0. The van der Waals surface area contributed by atoms with Crippen LogP contribution in [0.15, 0.2) is 0 Å². The van der Waals surface area contributed by atoms with E-state index >= 15 is 0 Å². The molecule has 0 fully saturated rings. The number of halogens is 1. The zero-order valence-electron chi connectivity index (χ0n) is 3.42. The standard InChI is InChI=1S/ClO2.Na.O3/c2-1-3;;1-3-2/q-1;+1;. The molecule has 7 heavy (non-hydrogen) atoms. The van der Waals surface area contributed by atoms with Crippen LogP contribution in [0.1, 0.15) is 0 Å². The molecule has 7 heteroatoms. The Morgan fingerprint density at radius 2 is 1.43 bits per heavy atom. The fourth-order valence-electron chi connectivity index (χ4n) is 0. The van der Waals surface area contributed by atoms with Crippen molar-refractivity contribution in [3.63, 3.8) is 0 Å². The van der Waals surface area contributed by atoms with Crippen LogP contribution in [-0.2, 0) is 0 Å². The van der Waals surface area contributed by atoms with Gasteiger partial charge in [-0.15, -0.1) is 0 Å². The zero-order chi connectivity index (χ0) is 5.41. The van der Waals surface area contributed by atoms with Crippen LogP contribution in [0.3, 0.4) is 0 Å². The fourth-order valence-corrected chi connectivity index (χ4v) is 0. The van der Waals surface area contributed by atoms with Gasteiger partial charge in [0.25, 0.3) is 0 Å². The first kappa shape index (κ1) is 15.6. The zero-order valence-corrected chi connectivity index (χ0v) is 6.18. The second-order valence-corrected chi connectivity index (χ2v) is 0.257. The minimum Gasteiger partial charge on any atom is -0.544 e. The molecule has 0 saturated heterocycles. The minimum absolute atomic E-state index is 0. The smallest absolute Gasteiger partial charge is 0.544 e. The largest absolute Gasteiger partial charge is 1.00 e. The molecule has 0 aliphatic rings. The Morgan fingerprint density at radius 3 is 1.43 bits per heavy atom. The summed E-state index contributed by atoms with van der Waals surface area (Å²) < 4.78 is 18.2. The van der Waals surface area contributed by atoms with Crippen molar-refractivity contribution in [2.75, 3.05) is 0 Å². The van der Waals surface area contributed by atoms with E-state index in [1.807, 2.05) is 0 Å². The van der Waals surface area contributed by atoms with Crippen molar-refractivity contribution < 1.29 is 55.5 Å². The molecule has 0 heterocycles. The predicted octanol–water partition coefficient (Wildman–Crippen LogP) is -6.50. The quantitative estimate of drug-likeness (QED) is 0.144. The first-order chi connectivity index (χ1) is 2.83. The first-order valence-electron chi connectivity index (χ1n) is 0.642. The van der Waals surface area contributed by atoms with Gasteiger partial charge in [-0.2, -0.15) is 0 Å². The van der Waals surface area contributed by atoms with Crippen molar-refractivity contribution in [2.45, 2.75) is 0 Å². The van der Waals surface area contributed by atoms with Gasteiger partial charge in [-0.1, -0.05) is 10.2 Å². The van der Waals surface area contributed by atoms with Crippen molar-refractivity contribution >= 4 is 0 Å². The fraction of sp³-hybridized carbons (Fsp3) is 0. The molecule has 0 aliphatic carbocycles. The summed E-state index contributed by atoms with van der Waals surface area (Å²) in [6.07, 6.45) is 0. The Labute approximate surface area is 65.2 Å². The van der Waals surface area contributed by atoms with Crippen molar-refractivity contribution in [3.05, 3.63) is 9.71 Å². The number of rotatable bonds is 0. The summed E-state index contributed by atoms with van der Waals surface area (Å²) in [6.45, 7) is 0. The van der Waals surface area contributed by atoms with Crippen molar-refractivity contribution in [1.29, 1.82) is 0 Å². The molecule has 0 atom stereocenters. The molecule has 0 aliphatic heterocycles. The van der Waals surface area contributed by atoms with Gasteiger partial charge < -0.3 is 9.32 Å². The van der Waals surface area contributed by atoms with E-state index in [0.29, 0.717) is 0 Å². The molecule has 0 amide bonds. The average molecular weight is 138 g/mol. The molecule has 38 valence electrons. The van der Waals surface area contributed by atoms with Gasteiger partial charge >= 0.3 is 29.6 Å². The molecule has 0 aromatic heterocycles. The Kier molecular flexibility index (Phi) is 68.3. The molecule has 0 rings (SSSR count). The van der Waals surface area contributed by atoms with E-state index in [1.165, 1.54) is 0 Å². The van der Waals surface area contributed by atoms with Crippen LogP contribution in [0, 0.1) is 21.0 Å². The normalized spacial score (nSPS) is 4.29. The third-order valence-electron chi connectivity index (χ3n) is 0. The minimum atomic E-state index is -0.417. The van der Waals surface area contributed by atoms with E-state index in [0.717, 1.165) is 0 Å². The Hall–Kier alpha value is 0.610. The van der Waals surface area contributed by atoms with Crippen LogP contribution < -0.4 is 44.1 Å². The SMILES string of the molecule is O=[O+][O-].[Na+].[O-][Cl+][O-]. The van der Waals surface area contributed by atoms with Gasteiger partial charge in [-0.25, -0.2) is 0 Å². The van der Waals surface area contributed by atoms with Crippen molar-refractivity contribution in [1.82, 2.24) is 0 Å². The Morgan fingerprint density at radius 1 is 1.43 bits per heavy atom. The van der Waals surface area contributed by atoms with Crippen LogP contribution in [0.5, 0.6) is 0 Å². The Balaban J connectivity index is -0.0000000400. The maximum absolute atomic E-state index is 8.24. The molecule has 0 radical (unpaired) electrons. The summed E-state index contributed by atoms with van der Waals surface area (Å²) in [5.41, 5.74) is 0. The first-order valence-corrected chi connectivity index (χ1v) is 1.26. The molecule has 0 unspecified atom stereocenters. The molecule has 0 saturated carbocycles. The van der Waals surface area contributed by atoms with Crippen molar-refractivity contribution in [2.24, 2.45) is 0 Å². The van der Waals surface area contributed by atoms with Crippen LogP contribution in [-0.4, -0.2) is 0 Å². The van der Waals surface area contributed by atoms with E-state index < -0.39 is 11.3 Å². The van der Waals surface area contributed by atoms with Crippen LogP contribution in [0.2, 0.25) is 0 Å². The summed E-state index contributed by atoms with van der Waals surface area (Å²) in [7, 11) is 0. The Bertz CT molecular complexity index is 22.0. The summed E-state index contributed by atoms with van der Waals surface area (Å²) in [4.78, 5) is 7.88. The second-order valence-electron chi connectivity index (χ2n) is 0.131. The summed E-state index contributed by atoms with van der Waals surface area (Å²) in [5.74, 6) is 0. The number of hydrogen-bond acceptors (Lipinski definition) is 4. The van der Waals surface area contributed by atoms with Crippen molar-refractivity contribution in [3.8, 4) is 0 Å². The topological polar surface area (TPSA) is 97.5 Å². The van der Waals surface area contributed by atoms with Gasteiger partial charge in [-0.3, -0.25) is 0 Å². The van der Waals surface area contributed by atoms with Gasteiger partial charge in [0, 0.05) is 0 Å². The van der Waals surface area contributed by atoms with Gasteiger partial charge in [0.15, 0.2) is 4.75 Å². The van der Waals surface area contributed by atoms with Gasteiger partial charge in [0.05, 0.1) is 11.3 Å². The van der Waals surface area contributed by atoms with E-state index in [9.17, 15) is 0 Å². The third kappa shape index (κ3) is 378. The van der Waals surface area contributed by atoms with Crippen LogP contribution in [0.25, 0.3) is 0 Å². The monoisotopic (exact) mass is 138 g/mol.